The summed E-state index contributed by atoms with van der Waals surface area (Å²) in [5.74, 6) is -0.0166. The third-order valence-electron chi connectivity index (χ3n) is 2.59. The summed E-state index contributed by atoms with van der Waals surface area (Å²) in [5.41, 5.74) is 1.48. The summed E-state index contributed by atoms with van der Waals surface area (Å²) in [6, 6.07) is 3.48. The maximum Gasteiger partial charge on any atom is 0.254 e. The van der Waals surface area contributed by atoms with Crippen molar-refractivity contribution in [1.82, 2.24) is 9.88 Å². The lowest BCUT2D eigenvalue weighted by atomic mass is 10.2. The van der Waals surface area contributed by atoms with Crippen molar-refractivity contribution >= 4 is 5.91 Å². The number of carbonyl (C=O) groups excluding carboxylic acids is 1. The van der Waals surface area contributed by atoms with Crippen molar-refractivity contribution < 1.29 is 9.90 Å². The Morgan fingerprint density at radius 1 is 1.67 bits per heavy atom. The van der Waals surface area contributed by atoms with Crippen LogP contribution in [-0.2, 0) is 0 Å². The van der Waals surface area contributed by atoms with E-state index in [2.05, 4.69) is 4.98 Å². The SMILES string of the molecule is Cc1cc(C(=O)N2CC[C@H](O)C2)ccn1. The van der Waals surface area contributed by atoms with Crippen molar-refractivity contribution in [3.8, 4) is 0 Å². The lowest BCUT2D eigenvalue weighted by molar-refractivity contribution is 0.0765. The number of rotatable bonds is 1. The van der Waals surface area contributed by atoms with Gasteiger partial charge in [-0.25, -0.2) is 0 Å². The smallest absolute Gasteiger partial charge is 0.254 e. The highest BCUT2D eigenvalue weighted by molar-refractivity contribution is 5.94. The van der Waals surface area contributed by atoms with Crippen molar-refractivity contribution in [1.29, 1.82) is 0 Å². The molecule has 15 heavy (non-hydrogen) atoms. The number of nitrogens with zero attached hydrogens (tertiary/aromatic N) is 2. The number of pyridine rings is 1. The Morgan fingerprint density at radius 3 is 3.07 bits per heavy atom. The Kier molecular flexibility index (Phi) is 2.68. The van der Waals surface area contributed by atoms with Crippen molar-refractivity contribution in [2.75, 3.05) is 13.1 Å². The lowest BCUT2D eigenvalue weighted by Gasteiger charge is -2.15. The molecule has 1 N–H and O–H groups in total. The van der Waals surface area contributed by atoms with Crippen molar-refractivity contribution in [3.63, 3.8) is 0 Å². The van der Waals surface area contributed by atoms with E-state index in [0.717, 1.165) is 5.69 Å². The van der Waals surface area contributed by atoms with Crippen molar-refractivity contribution in [3.05, 3.63) is 29.6 Å². The highest BCUT2D eigenvalue weighted by atomic mass is 16.3. The number of carbonyl (C=O) groups is 1. The predicted molar refractivity (Wildman–Crippen MR) is 55.5 cm³/mol. The van der Waals surface area contributed by atoms with Crippen LogP contribution in [-0.4, -0.2) is 40.1 Å². The van der Waals surface area contributed by atoms with E-state index in [1.807, 2.05) is 6.92 Å². The highest BCUT2D eigenvalue weighted by Gasteiger charge is 2.25. The van der Waals surface area contributed by atoms with Gasteiger partial charge in [-0.1, -0.05) is 0 Å². The molecule has 2 rings (SSSR count). The minimum Gasteiger partial charge on any atom is -0.391 e. The van der Waals surface area contributed by atoms with Crippen LogP contribution in [0.25, 0.3) is 0 Å². The van der Waals surface area contributed by atoms with Crippen molar-refractivity contribution in [2.45, 2.75) is 19.4 Å². The summed E-state index contributed by atoms with van der Waals surface area (Å²) in [6.07, 6.45) is 1.95. The molecule has 80 valence electrons. The molecule has 0 unspecified atom stereocenters. The van der Waals surface area contributed by atoms with E-state index in [9.17, 15) is 9.90 Å². The van der Waals surface area contributed by atoms with E-state index >= 15 is 0 Å². The van der Waals surface area contributed by atoms with Crippen LogP contribution in [0.1, 0.15) is 22.5 Å². The van der Waals surface area contributed by atoms with E-state index in [0.29, 0.717) is 25.1 Å². The summed E-state index contributed by atoms with van der Waals surface area (Å²) in [5, 5.41) is 9.34. The van der Waals surface area contributed by atoms with Crippen LogP contribution in [0.15, 0.2) is 18.3 Å². The molecule has 1 atom stereocenters. The van der Waals surface area contributed by atoms with Gasteiger partial charge in [-0.05, 0) is 25.5 Å². The third-order valence-corrected chi connectivity index (χ3v) is 2.59. The van der Waals surface area contributed by atoms with E-state index < -0.39 is 0 Å². The molecule has 0 aromatic carbocycles. The minimum atomic E-state index is -0.364. The van der Waals surface area contributed by atoms with Gasteiger partial charge in [-0.2, -0.15) is 0 Å². The number of aliphatic hydroxyl groups is 1. The minimum absolute atomic E-state index is 0.0166. The second-order valence-electron chi connectivity index (χ2n) is 3.88. The number of amides is 1. The van der Waals surface area contributed by atoms with Gasteiger partial charge in [0.1, 0.15) is 0 Å². The normalized spacial score (nSPS) is 20.7. The largest absolute Gasteiger partial charge is 0.391 e. The second-order valence-corrected chi connectivity index (χ2v) is 3.88. The van der Waals surface area contributed by atoms with Crippen LogP contribution in [0.2, 0.25) is 0 Å². The molecule has 4 heteroatoms. The Labute approximate surface area is 88.6 Å². The Hall–Kier alpha value is -1.42. The summed E-state index contributed by atoms with van der Waals surface area (Å²) in [4.78, 5) is 17.7. The fraction of sp³-hybridized carbons (Fsp3) is 0.455. The van der Waals surface area contributed by atoms with E-state index in [4.69, 9.17) is 0 Å². The zero-order chi connectivity index (χ0) is 10.8. The van der Waals surface area contributed by atoms with Crippen LogP contribution >= 0.6 is 0 Å². The lowest BCUT2D eigenvalue weighted by Crippen LogP contribution is -2.29. The fourth-order valence-electron chi connectivity index (χ4n) is 1.79. The first-order valence-electron chi connectivity index (χ1n) is 5.07. The van der Waals surface area contributed by atoms with Gasteiger partial charge in [0.2, 0.25) is 0 Å². The maximum absolute atomic E-state index is 11.9. The first-order valence-corrected chi connectivity index (χ1v) is 5.07. The van der Waals surface area contributed by atoms with Gasteiger partial charge in [-0.15, -0.1) is 0 Å². The zero-order valence-electron chi connectivity index (χ0n) is 8.68. The Balaban J connectivity index is 2.14. The summed E-state index contributed by atoms with van der Waals surface area (Å²) >= 11 is 0. The number of β-amino-alcohol motifs (C(OH)–C–C–N with tert-alkyl or cyclic N) is 1. The van der Waals surface area contributed by atoms with Crippen LogP contribution < -0.4 is 0 Å². The molecule has 1 aliphatic rings. The molecule has 1 aromatic rings. The molecule has 0 radical (unpaired) electrons. The number of aliphatic hydroxyl groups excluding tert-OH is 1. The standard InChI is InChI=1S/C11H14N2O2/c1-8-6-9(2-4-12-8)11(15)13-5-3-10(14)7-13/h2,4,6,10,14H,3,5,7H2,1H3/t10-/m0/s1. The Bertz CT molecular complexity index is 379. The van der Waals surface area contributed by atoms with Gasteiger partial charge in [0.25, 0.3) is 5.91 Å². The monoisotopic (exact) mass is 206 g/mol. The van der Waals surface area contributed by atoms with Crippen molar-refractivity contribution in [2.24, 2.45) is 0 Å². The van der Waals surface area contributed by atoms with E-state index in [1.165, 1.54) is 0 Å². The zero-order valence-corrected chi connectivity index (χ0v) is 8.68. The third kappa shape index (κ3) is 2.15. The second kappa shape index (κ2) is 3.98. The molecule has 4 nitrogen and oxygen atoms in total. The molecule has 0 saturated carbocycles. The molecule has 1 saturated heterocycles. The summed E-state index contributed by atoms with van der Waals surface area (Å²) in [7, 11) is 0. The van der Waals surface area contributed by atoms with Gasteiger partial charge in [0, 0.05) is 30.5 Å². The topological polar surface area (TPSA) is 53.4 Å². The fourth-order valence-corrected chi connectivity index (χ4v) is 1.79. The van der Waals surface area contributed by atoms with Gasteiger partial charge in [-0.3, -0.25) is 9.78 Å². The number of hydrogen-bond donors (Lipinski definition) is 1. The highest BCUT2D eigenvalue weighted by Crippen LogP contribution is 2.13. The molecule has 1 aromatic heterocycles. The van der Waals surface area contributed by atoms with Gasteiger partial charge < -0.3 is 10.0 Å². The quantitative estimate of drug-likeness (QED) is 0.732. The van der Waals surface area contributed by atoms with Gasteiger partial charge in [0.15, 0.2) is 0 Å². The molecule has 1 amide bonds. The molecule has 1 aliphatic heterocycles. The van der Waals surface area contributed by atoms with Crippen LogP contribution in [0.3, 0.4) is 0 Å². The van der Waals surface area contributed by atoms with Gasteiger partial charge in [0.05, 0.1) is 6.10 Å². The molecule has 2 heterocycles. The molecular formula is C11H14N2O2. The number of aromatic nitrogens is 1. The predicted octanol–water partition coefficient (Wildman–Crippen LogP) is 0.597. The number of likely N-dealkylation sites (tertiary alicyclic amines) is 1. The van der Waals surface area contributed by atoms with Crippen LogP contribution in [0, 0.1) is 6.92 Å². The Morgan fingerprint density at radius 2 is 2.47 bits per heavy atom. The molecule has 0 bridgehead atoms. The summed E-state index contributed by atoms with van der Waals surface area (Å²) < 4.78 is 0. The molecule has 0 spiro atoms. The summed E-state index contributed by atoms with van der Waals surface area (Å²) in [6.45, 7) is 2.94. The average Bonchev–Trinajstić information content (AvgIpc) is 2.64. The van der Waals surface area contributed by atoms with E-state index in [-0.39, 0.29) is 12.0 Å². The van der Waals surface area contributed by atoms with Crippen LogP contribution in [0.4, 0.5) is 0 Å². The molecular weight excluding hydrogens is 192 g/mol. The molecule has 0 aliphatic carbocycles. The maximum atomic E-state index is 11.9. The average molecular weight is 206 g/mol. The first kappa shape index (κ1) is 10.1. The number of aryl methyl sites for hydroxylation is 1. The van der Waals surface area contributed by atoms with Crippen LogP contribution in [0.5, 0.6) is 0 Å². The first-order chi connectivity index (χ1) is 7.16. The van der Waals surface area contributed by atoms with E-state index in [1.54, 1.807) is 23.2 Å². The van der Waals surface area contributed by atoms with Gasteiger partial charge >= 0.3 is 0 Å². The number of hydrogen-bond acceptors (Lipinski definition) is 3. The molecule has 1 fully saturated rings.